The summed E-state index contributed by atoms with van der Waals surface area (Å²) < 4.78 is 0. The van der Waals surface area contributed by atoms with Gasteiger partial charge < -0.3 is 21.0 Å². The predicted octanol–water partition coefficient (Wildman–Crippen LogP) is 0.527. The van der Waals surface area contributed by atoms with Crippen molar-refractivity contribution < 1.29 is 4.79 Å². The molecule has 1 aromatic carbocycles. The fourth-order valence-electron chi connectivity index (χ4n) is 2.77. The van der Waals surface area contributed by atoms with Crippen molar-refractivity contribution in [2.24, 2.45) is 11.8 Å². The zero-order valence-corrected chi connectivity index (χ0v) is 13.4. The first-order valence-corrected chi connectivity index (χ1v) is 7.64. The number of nitrogens with one attached hydrogen (secondary N) is 1. The summed E-state index contributed by atoms with van der Waals surface area (Å²) in [6.07, 6.45) is 2.22. The van der Waals surface area contributed by atoms with Crippen LogP contribution in [0.3, 0.4) is 0 Å². The molecular formula is C16H25N5O. The molecule has 5 N–H and O–H groups in total. The van der Waals surface area contributed by atoms with Crippen LogP contribution >= 0.6 is 0 Å². The molecule has 0 spiro atoms. The molecule has 6 nitrogen and oxygen atoms in total. The zero-order chi connectivity index (χ0) is 16.1. The molecule has 6 heteroatoms. The van der Waals surface area contributed by atoms with Crippen LogP contribution in [0.1, 0.15) is 25.3 Å². The molecular weight excluding hydrogens is 278 g/mol. The average Bonchev–Trinajstić information content (AvgIpc) is 2.47. The Morgan fingerprint density at radius 1 is 1.41 bits per heavy atom. The highest BCUT2D eigenvalue weighted by atomic mass is 16.2. The third-order valence-corrected chi connectivity index (χ3v) is 4.04. The van der Waals surface area contributed by atoms with E-state index in [1.807, 2.05) is 11.0 Å². The van der Waals surface area contributed by atoms with E-state index in [1.54, 1.807) is 14.0 Å². The number of nitrogens with two attached hydrogens (primary N) is 2. The van der Waals surface area contributed by atoms with Gasteiger partial charge in [-0.25, -0.2) is 5.84 Å². The number of carbonyl (C=O) groups is 1. The second kappa shape index (κ2) is 7.34. The first kappa shape index (κ1) is 16.4. The molecule has 1 amide bonds. The number of hydrazine groups is 1. The topological polar surface area (TPSA) is 87.6 Å². The Balaban J connectivity index is 2.04. The monoisotopic (exact) mass is 303 g/mol. The Morgan fingerprint density at radius 2 is 2.09 bits per heavy atom. The van der Waals surface area contributed by atoms with Crippen molar-refractivity contribution in [2.75, 3.05) is 37.4 Å². The van der Waals surface area contributed by atoms with Crippen LogP contribution in [-0.4, -0.2) is 37.5 Å². The van der Waals surface area contributed by atoms with Gasteiger partial charge in [-0.15, -0.1) is 0 Å². The van der Waals surface area contributed by atoms with E-state index in [4.69, 9.17) is 11.6 Å². The van der Waals surface area contributed by atoms with Gasteiger partial charge in [0.2, 0.25) is 5.91 Å². The number of hydrogen-bond donors (Lipinski definition) is 3. The molecule has 1 aliphatic heterocycles. The summed E-state index contributed by atoms with van der Waals surface area (Å²) >= 11 is 0. The Morgan fingerprint density at radius 3 is 2.64 bits per heavy atom. The van der Waals surface area contributed by atoms with Crippen LogP contribution in [0.5, 0.6) is 0 Å². The highest BCUT2D eigenvalue weighted by molar-refractivity contribution is 5.73. The molecule has 0 aromatic heterocycles. The van der Waals surface area contributed by atoms with E-state index in [-0.39, 0.29) is 5.91 Å². The van der Waals surface area contributed by atoms with Crippen molar-refractivity contribution in [3.63, 3.8) is 0 Å². The summed E-state index contributed by atoms with van der Waals surface area (Å²) in [6, 6.07) is 7.82. The molecule has 22 heavy (non-hydrogen) atoms. The van der Waals surface area contributed by atoms with Crippen molar-refractivity contribution in [3.05, 3.63) is 23.8 Å². The lowest BCUT2D eigenvalue weighted by atomic mass is 9.97. The van der Waals surface area contributed by atoms with E-state index in [0.717, 1.165) is 38.0 Å². The van der Waals surface area contributed by atoms with Crippen LogP contribution < -0.4 is 21.9 Å². The summed E-state index contributed by atoms with van der Waals surface area (Å²) in [6.45, 7) is 4.95. The lowest BCUT2D eigenvalue weighted by Gasteiger charge is -2.29. The van der Waals surface area contributed by atoms with Gasteiger partial charge in [-0.3, -0.25) is 4.79 Å². The predicted molar refractivity (Wildman–Crippen MR) is 87.8 cm³/mol. The largest absolute Gasteiger partial charge is 0.396 e. The third-order valence-electron chi connectivity index (χ3n) is 4.04. The van der Waals surface area contributed by atoms with E-state index in [0.29, 0.717) is 23.8 Å². The molecule has 2 rings (SSSR count). The van der Waals surface area contributed by atoms with Crippen LogP contribution in [0, 0.1) is 18.1 Å². The summed E-state index contributed by atoms with van der Waals surface area (Å²) in [5.41, 5.74) is 7.98. The summed E-state index contributed by atoms with van der Waals surface area (Å²) in [5, 5.41) is 4.75. The smallest absolute Gasteiger partial charge is 0.219 e. The van der Waals surface area contributed by atoms with Gasteiger partial charge >= 0.3 is 0 Å². The molecule has 0 saturated carbocycles. The first-order valence-electron chi connectivity index (χ1n) is 7.64. The highest BCUT2D eigenvalue weighted by Gasteiger charge is 2.19. The van der Waals surface area contributed by atoms with Gasteiger partial charge in [0, 0.05) is 26.1 Å². The van der Waals surface area contributed by atoms with Crippen LogP contribution in [0.2, 0.25) is 0 Å². The number of carbonyl (C=O) groups excluding carboxylic acids is 1. The molecule has 0 aliphatic carbocycles. The maximum Gasteiger partial charge on any atom is 0.219 e. The molecule has 1 aromatic rings. The molecule has 1 saturated heterocycles. The second-order valence-corrected chi connectivity index (χ2v) is 5.93. The van der Waals surface area contributed by atoms with Crippen LogP contribution in [0.15, 0.2) is 6.07 Å². The van der Waals surface area contributed by atoms with Crippen molar-refractivity contribution in [3.8, 4) is 0 Å². The molecule has 1 fully saturated rings. The quantitative estimate of drug-likeness (QED) is 0.545. The van der Waals surface area contributed by atoms with Gasteiger partial charge in [0.15, 0.2) is 0 Å². The van der Waals surface area contributed by atoms with Gasteiger partial charge in [-0.2, -0.15) is 0 Å². The second-order valence-electron chi connectivity index (χ2n) is 5.93. The minimum Gasteiger partial charge on any atom is -0.396 e. The zero-order valence-electron chi connectivity index (χ0n) is 13.4. The van der Waals surface area contributed by atoms with Gasteiger partial charge in [-0.1, -0.05) is 6.07 Å². The van der Waals surface area contributed by atoms with Crippen LogP contribution in [0.4, 0.5) is 11.4 Å². The Kier molecular flexibility index (Phi) is 5.47. The van der Waals surface area contributed by atoms with E-state index in [9.17, 15) is 4.79 Å². The average molecular weight is 303 g/mol. The summed E-state index contributed by atoms with van der Waals surface area (Å²) in [7, 11) is 1.70. The maximum atomic E-state index is 11.9. The van der Waals surface area contributed by atoms with Gasteiger partial charge in [0.05, 0.1) is 12.2 Å². The highest BCUT2D eigenvalue weighted by Crippen LogP contribution is 2.20. The van der Waals surface area contributed by atoms with Crippen molar-refractivity contribution in [1.82, 2.24) is 10.2 Å². The van der Waals surface area contributed by atoms with E-state index in [1.165, 1.54) is 5.01 Å². The number of piperidine rings is 1. The van der Waals surface area contributed by atoms with E-state index in [2.05, 4.69) is 17.4 Å². The number of amides is 1. The molecule has 0 atom stereocenters. The lowest BCUT2D eigenvalue weighted by molar-refractivity contribution is -0.130. The third kappa shape index (κ3) is 4.26. The molecule has 0 bridgehead atoms. The number of anilines is 2. The fourth-order valence-corrected chi connectivity index (χ4v) is 2.77. The van der Waals surface area contributed by atoms with E-state index < -0.39 is 0 Å². The summed E-state index contributed by atoms with van der Waals surface area (Å²) in [4.78, 5) is 13.8. The minimum absolute atomic E-state index is 0.0746. The Hall–Kier alpha value is -1.97. The minimum atomic E-state index is 0.0746. The number of rotatable bonds is 5. The fraction of sp³-hybridized carbons (Fsp3) is 0.562. The standard InChI is InChI=1S/C16H25N5O/c1-12(22)21(10-13-5-7-19-8-6-13)11-14-3-4-16(20(2)18)15(17)9-14/h9,13,19H,5-8,10-11,17-18H2,1-2H3. The molecule has 1 aliphatic rings. The molecule has 0 radical (unpaired) electrons. The normalized spacial score (nSPS) is 15.2. The molecule has 120 valence electrons. The van der Waals surface area contributed by atoms with Crippen molar-refractivity contribution in [1.29, 1.82) is 0 Å². The number of hydrogen-bond acceptors (Lipinski definition) is 5. The van der Waals surface area contributed by atoms with Crippen molar-refractivity contribution in [2.45, 2.75) is 26.3 Å². The van der Waals surface area contributed by atoms with Gasteiger partial charge in [0.25, 0.3) is 0 Å². The SMILES string of the molecule is CC(=O)N(Cc1c#cc(N(C)N)c(N)c1)CC1CCNCC1. The Labute approximate surface area is 132 Å². The van der Waals surface area contributed by atoms with Gasteiger partial charge in [-0.05, 0) is 44.0 Å². The van der Waals surface area contributed by atoms with Crippen molar-refractivity contribution >= 4 is 17.3 Å². The van der Waals surface area contributed by atoms with E-state index >= 15 is 0 Å². The first-order chi connectivity index (χ1) is 10.5. The number of nitrogen functional groups attached to an aromatic ring is 1. The summed E-state index contributed by atoms with van der Waals surface area (Å²) in [5.74, 6) is 6.30. The lowest BCUT2D eigenvalue weighted by Crippen LogP contribution is -2.38. The van der Waals surface area contributed by atoms with Crippen LogP contribution in [0.25, 0.3) is 0 Å². The Bertz CT molecular complexity index is 511. The maximum absolute atomic E-state index is 11.9. The van der Waals surface area contributed by atoms with Gasteiger partial charge in [0.1, 0.15) is 5.69 Å². The molecule has 1 heterocycles. The molecule has 0 unspecified atom stereocenters. The van der Waals surface area contributed by atoms with Crippen LogP contribution in [-0.2, 0) is 11.3 Å². The number of nitrogens with zero attached hydrogens (tertiary/aromatic N) is 2.